The largest absolute Gasteiger partial charge is 0.493 e. The fraction of sp³-hybridized carbons (Fsp3) is 0.167. The zero-order chi connectivity index (χ0) is 21.5. The first-order chi connectivity index (χ1) is 15.1. The lowest BCUT2D eigenvalue weighted by Crippen LogP contribution is -2.34. The van der Waals surface area contributed by atoms with Crippen molar-refractivity contribution in [3.05, 3.63) is 76.1 Å². The van der Waals surface area contributed by atoms with E-state index in [1.807, 2.05) is 40.6 Å². The maximum absolute atomic E-state index is 13.7. The summed E-state index contributed by atoms with van der Waals surface area (Å²) in [6, 6.07) is 16.8. The second-order valence-corrected chi connectivity index (χ2v) is 8.16. The molecule has 0 saturated heterocycles. The Labute approximate surface area is 183 Å². The number of rotatable bonds is 5. The van der Waals surface area contributed by atoms with Gasteiger partial charge in [0.2, 0.25) is 0 Å². The second-order valence-electron chi connectivity index (χ2n) is 7.22. The van der Waals surface area contributed by atoms with E-state index < -0.39 is 0 Å². The quantitative estimate of drug-likeness (QED) is 0.568. The Morgan fingerprint density at radius 1 is 0.903 bits per heavy atom. The maximum Gasteiger partial charge on any atom is 0.282 e. The molecule has 2 aromatic carbocycles. The van der Waals surface area contributed by atoms with Gasteiger partial charge in [-0.2, -0.15) is 0 Å². The number of carbonyl (C=O) groups is 2. The van der Waals surface area contributed by atoms with Crippen LogP contribution in [0.4, 0.5) is 11.4 Å². The van der Waals surface area contributed by atoms with Crippen LogP contribution in [0, 0.1) is 0 Å². The van der Waals surface area contributed by atoms with Crippen molar-refractivity contribution in [1.82, 2.24) is 0 Å². The minimum atomic E-state index is -0.336. The van der Waals surface area contributed by atoms with Gasteiger partial charge in [0.25, 0.3) is 11.8 Å². The van der Waals surface area contributed by atoms with Gasteiger partial charge in [-0.1, -0.05) is 24.3 Å². The number of amides is 2. The van der Waals surface area contributed by atoms with E-state index in [4.69, 9.17) is 9.47 Å². The highest BCUT2D eigenvalue weighted by molar-refractivity contribution is 7.11. The normalized spacial score (nSPS) is 15.7. The Bertz CT molecular complexity index is 1220. The van der Waals surface area contributed by atoms with Gasteiger partial charge in [0.15, 0.2) is 11.5 Å². The number of hydrogen-bond acceptors (Lipinski definition) is 6. The lowest BCUT2D eigenvalue weighted by Gasteiger charge is -2.22. The molecule has 0 fully saturated rings. The summed E-state index contributed by atoms with van der Waals surface area (Å²) < 4.78 is 10.7. The molecule has 0 aliphatic carbocycles. The third kappa shape index (κ3) is 3.00. The van der Waals surface area contributed by atoms with Gasteiger partial charge in [0.05, 0.1) is 25.5 Å². The number of para-hydroxylation sites is 1. The second kappa shape index (κ2) is 7.59. The Balaban J connectivity index is 1.64. The lowest BCUT2D eigenvalue weighted by atomic mass is 10.1. The van der Waals surface area contributed by atoms with E-state index in [2.05, 4.69) is 6.07 Å². The van der Waals surface area contributed by atoms with Gasteiger partial charge in [-0.25, -0.2) is 4.90 Å². The van der Waals surface area contributed by atoms with Gasteiger partial charge in [0, 0.05) is 23.2 Å². The van der Waals surface area contributed by atoms with Crippen LogP contribution >= 0.6 is 11.3 Å². The molecular weight excluding hydrogens is 412 g/mol. The number of hydrogen-bond donors (Lipinski definition) is 0. The summed E-state index contributed by atoms with van der Waals surface area (Å²) >= 11 is 1.45. The molecule has 2 aliphatic heterocycles. The molecule has 0 radical (unpaired) electrons. The number of anilines is 2. The minimum absolute atomic E-state index is 0.334. The Kier molecular flexibility index (Phi) is 4.75. The van der Waals surface area contributed by atoms with Crippen molar-refractivity contribution in [1.29, 1.82) is 0 Å². The summed E-state index contributed by atoms with van der Waals surface area (Å²) in [6.07, 6.45) is 0.829. The number of fused-ring (bicyclic) bond motifs is 1. The van der Waals surface area contributed by atoms with E-state index in [1.54, 1.807) is 25.3 Å². The fourth-order valence-corrected chi connectivity index (χ4v) is 4.94. The van der Waals surface area contributed by atoms with Crippen molar-refractivity contribution in [2.45, 2.75) is 6.42 Å². The van der Waals surface area contributed by atoms with E-state index in [0.29, 0.717) is 35.0 Å². The smallest absolute Gasteiger partial charge is 0.282 e. The number of nitrogens with zero attached hydrogens (tertiary/aromatic N) is 2. The average Bonchev–Trinajstić information content (AvgIpc) is 3.51. The predicted molar refractivity (Wildman–Crippen MR) is 121 cm³/mol. The van der Waals surface area contributed by atoms with Gasteiger partial charge in [0.1, 0.15) is 5.70 Å². The van der Waals surface area contributed by atoms with E-state index in [9.17, 15) is 9.59 Å². The third-order valence-corrected chi connectivity index (χ3v) is 6.50. The van der Waals surface area contributed by atoms with Crippen LogP contribution in [0.3, 0.4) is 0 Å². The SMILES string of the molecule is COc1ccc(N2C(=O)C(c3cccs3)=C(N3CCc4ccccc43)C2=O)cc1OC. The predicted octanol–water partition coefficient (Wildman–Crippen LogP) is 4.11. The van der Waals surface area contributed by atoms with Crippen molar-refractivity contribution in [2.75, 3.05) is 30.6 Å². The summed E-state index contributed by atoms with van der Waals surface area (Å²) in [7, 11) is 3.07. The Morgan fingerprint density at radius 2 is 1.71 bits per heavy atom. The monoisotopic (exact) mass is 432 g/mol. The molecule has 0 bridgehead atoms. The zero-order valence-electron chi connectivity index (χ0n) is 17.1. The fourth-order valence-electron chi connectivity index (χ4n) is 4.18. The first-order valence-corrected chi connectivity index (χ1v) is 10.8. The van der Waals surface area contributed by atoms with Crippen LogP contribution < -0.4 is 19.3 Å². The van der Waals surface area contributed by atoms with Gasteiger partial charge in [-0.05, 0) is 41.6 Å². The summed E-state index contributed by atoms with van der Waals surface area (Å²) in [4.78, 5) is 31.3. The third-order valence-electron chi connectivity index (χ3n) is 5.61. The molecule has 6 nitrogen and oxygen atoms in total. The van der Waals surface area contributed by atoms with Crippen LogP contribution in [0.25, 0.3) is 5.57 Å². The zero-order valence-corrected chi connectivity index (χ0v) is 17.9. The van der Waals surface area contributed by atoms with E-state index in [-0.39, 0.29) is 11.8 Å². The molecule has 3 aromatic rings. The molecule has 2 aliphatic rings. The number of ether oxygens (including phenoxy) is 2. The topological polar surface area (TPSA) is 59.1 Å². The van der Waals surface area contributed by atoms with E-state index in [0.717, 1.165) is 17.0 Å². The number of carbonyl (C=O) groups excluding carboxylic acids is 2. The number of thiophene rings is 1. The highest BCUT2D eigenvalue weighted by atomic mass is 32.1. The van der Waals surface area contributed by atoms with Crippen molar-refractivity contribution in [3.63, 3.8) is 0 Å². The van der Waals surface area contributed by atoms with Crippen LogP contribution in [0.5, 0.6) is 11.5 Å². The van der Waals surface area contributed by atoms with Crippen molar-refractivity contribution >= 4 is 40.1 Å². The van der Waals surface area contributed by atoms with E-state index >= 15 is 0 Å². The number of imide groups is 1. The van der Waals surface area contributed by atoms with Gasteiger partial charge >= 0.3 is 0 Å². The lowest BCUT2D eigenvalue weighted by molar-refractivity contribution is -0.120. The van der Waals surface area contributed by atoms with Crippen LogP contribution in [-0.2, 0) is 16.0 Å². The molecule has 0 spiro atoms. The molecule has 0 atom stereocenters. The molecule has 31 heavy (non-hydrogen) atoms. The van der Waals surface area contributed by atoms with Crippen molar-refractivity contribution in [2.24, 2.45) is 0 Å². The molecule has 7 heteroatoms. The summed E-state index contributed by atoms with van der Waals surface area (Å²) in [6.45, 7) is 0.655. The minimum Gasteiger partial charge on any atom is -0.493 e. The number of benzene rings is 2. The van der Waals surface area contributed by atoms with Crippen LogP contribution in [0.2, 0.25) is 0 Å². The van der Waals surface area contributed by atoms with Crippen LogP contribution in [0.1, 0.15) is 10.4 Å². The molecular formula is C24H20N2O4S. The number of methoxy groups -OCH3 is 2. The van der Waals surface area contributed by atoms with Crippen molar-refractivity contribution < 1.29 is 19.1 Å². The molecule has 0 unspecified atom stereocenters. The summed E-state index contributed by atoms with van der Waals surface area (Å²) in [5.41, 5.74) is 3.45. The van der Waals surface area contributed by atoms with Crippen LogP contribution in [0.15, 0.2) is 65.7 Å². The van der Waals surface area contributed by atoms with Gasteiger partial charge in [-0.3, -0.25) is 9.59 Å². The molecule has 156 valence electrons. The first kappa shape index (κ1) is 19.4. The first-order valence-electron chi connectivity index (χ1n) is 9.88. The summed E-state index contributed by atoms with van der Waals surface area (Å²) in [5.74, 6) is 0.320. The molecule has 3 heterocycles. The molecule has 5 rings (SSSR count). The van der Waals surface area contributed by atoms with E-state index in [1.165, 1.54) is 28.9 Å². The summed E-state index contributed by atoms with van der Waals surface area (Å²) in [5, 5.41) is 1.91. The highest BCUT2D eigenvalue weighted by Gasteiger charge is 2.44. The Hall–Kier alpha value is -3.58. The van der Waals surface area contributed by atoms with Gasteiger partial charge < -0.3 is 14.4 Å². The average molecular weight is 433 g/mol. The highest BCUT2D eigenvalue weighted by Crippen LogP contribution is 2.42. The maximum atomic E-state index is 13.7. The Morgan fingerprint density at radius 3 is 2.45 bits per heavy atom. The molecule has 0 saturated carbocycles. The van der Waals surface area contributed by atoms with Gasteiger partial charge in [-0.15, -0.1) is 11.3 Å². The van der Waals surface area contributed by atoms with Crippen LogP contribution in [-0.4, -0.2) is 32.6 Å². The molecule has 1 aromatic heterocycles. The molecule has 0 N–H and O–H groups in total. The molecule has 2 amide bonds. The van der Waals surface area contributed by atoms with Crippen molar-refractivity contribution in [3.8, 4) is 11.5 Å². The standard InChI is InChI=1S/C24H20N2O4S/c1-29-18-10-9-16(14-19(18)30-2)26-23(27)21(20-8-5-13-31-20)22(24(26)28)25-12-11-15-6-3-4-7-17(15)25/h3-10,13-14H,11-12H2,1-2H3.